The molecular formula is C17H18ClN3O3S. The first-order valence-electron chi connectivity index (χ1n) is 7.59. The van der Waals surface area contributed by atoms with Gasteiger partial charge in [0.15, 0.2) is 0 Å². The number of amides is 3. The summed E-state index contributed by atoms with van der Waals surface area (Å²) in [6, 6.07) is 6.99. The minimum absolute atomic E-state index is 0.0917. The van der Waals surface area contributed by atoms with Crippen molar-refractivity contribution in [3.63, 3.8) is 0 Å². The van der Waals surface area contributed by atoms with Crippen LogP contribution in [-0.4, -0.2) is 30.8 Å². The van der Waals surface area contributed by atoms with E-state index in [1.165, 1.54) is 11.3 Å². The smallest absolute Gasteiger partial charge is 0.252 e. The quantitative estimate of drug-likeness (QED) is 0.691. The van der Waals surface area contributed by atoms with E-state index in [1.54, 1.807) is 29.0 Å². The monoisotopic (exact) mass is 379 g/mol. The molecule has 2 rings (SSSR count). The summed E-state index contributed by atoms with van der Waals surface area (Å²) in [5, 5.41) is 11.8. The molecule has 0 saturated carbocycles. The van der Waals surface area contributed by atoms with Crippen molar-refractivity contribution in [2.75, 3.05) is 18.4 Å². The second-order valence-electron chi connectivity index (χ2n) is 5.33. The van der Waals surface area contributed by atoms with Gasteiger partial charge >= 0.3 is 0 Å². The number of benzene rings is 1. The van der Waals surface area contributed by atoms with Crippen molar-refractivity contribution >= 4 is 46.3 Å². The number of anilines is 1. The van der Waals surface area contributed by atoms with Crippen molar-refractivity contribution < 1.29 is 14.4 Å². The molecule has 0 aliphatic carbocycles. The van der Waals surface area contributed by atoms with Crippen LogP contribution in [0.2, 0.25) is 5.02 Å². The lowest BCUT2D eigenvalue weighted by molar-refractivity contribution is -0.124. The van der Waals surface area contributed by atoms with Crippen LogP contribution >= 0.6 is 22.9 Å². The Morgan fingerprint density at radius 2 is 1.92 bits per heavy atom. The molecule has 6 nitrogen and oxygen atoms in total. The second-order valence-corrected chi connectivity index (χ2v) is 6.51. The summed E-state index contributed by atoms with van der Waals surface area (Å²) in [5.74, 6) is -0.919. The normalized spacial score (nSPS) is 10.2. The van der Waals surface area contributed by atoms with Gasteiger partial charge in [-0.3, -0.25) is 14.4 Å². The number of hydrogen-bond donors (Lipinski definition) is 3. The number of halogens is 1. The average molecular weight is 380 g/mol. The summed E-state index contributed by atoms with van der Waals surface area (Å²) in [6.45, 7) is 1.93. The van der Waals surface area contributed by atoms with Crippen molar-refractivity contribution in [1.82, 2.24) is 10.6 Å². The van der Waals surface area contributed by atoms with Gasteiger partial charge in [0.1, 0.15) is 0 Å². The zero-order valence-corrected chi connectivity index (χ0v) is 15.2. The lowest BCUT2D eigenvalue weighted by atomic mass is 10.2. The van der Waals surface area contributed by atoms with E-state index in [9.17, 15) is 14.4 Å². The van der Waals surface area contributed by atoms with Crippen LogP contribution in [0.25, 0.3) is 0 Å². The van der Waals surface area contributed by atoms with Gasteiger partial charge < -0.3 is 16.0 Å². The Balaban J connectivity index is 1.67. The van der Waals surface area contributed by atoms with E-state index in [-0.39, 0.29) is 37.2 Å². The van der Waals surface area contributed by atoms with E-state index in [4.69, 9.17) is 11.6 Å². The molecule has 0 radical (unpaired) electrons. The van der Waals surface area contributed by atoms with Gasteiger partial charge in [-0.05, 0) is 36.1 Å². The van der Waals surface area contributed by atoms with Crippen LogP contribution in [0.5, 0.6) is 0 Å². The summed E-state index contributed by atoms with van der Waals surface area (Å²) in [5.41, 5.74) is 2.05. The topological polar surface area (TPSA) is 87.3 Å². The van der Waals surface area contributed by atoms with Crippen molar-refractivity contribution in [2.45, 2.75) is 13.3 Å². The Kier molecular flexibility index (Phi) is 6.97. The molecule has 1 aromatic heterocycles. The van der Waals surface area contributed by atoms with Gasteiger partial charge in [0.25, 0.3) is 5.91 Å². The van der Waals surface area contributed by atoms with E-state index in [0.29, 0.717) is 16.3 Å². The summed E-state index contributed by atoms with van der Waals surface area (Å²) in [4.78, 5) is 35.3. The van der Waals surface area contributed by atoms with Gasteiger partial charge in [-0.2, -0.15) is 11.3 Å². The molecule has 0 bridgehead atoms. The summed E-state index contributed by atoms with van der Waals surface area (Å²) < 4.78 is 0. The fourth-order valence-corrected chi connectivity index (χ4v) is 2.89. The number of carbonyl (C=O) groups is 3. The maximum Gasteiger partial charge on any atom is 0.252 e. The van der Waals surface area contributed by atoms with Crippen molar-refractivity contribution in [3.8, 4) is 0 Å². The highest BCUT2D eigenvalue weighted by Gasteiger charge is 2.09. The number of rotatable bonds is 7. The number of hydrogen-bond acceptors (Lipinski definition) is 4. The highest BCUT2D eigenvalue weighted by atomic mass is 35.5. The van der Waals surface area contributed by atoms with Crippen LogP contribution in [0, 0.1) is 6.92 Å². The van der Waals surface area contributed by atoms with E-state index in [1.807, 2.05) is 13.0 Å². The Morgan fingerprint density at radius 3 is 2.60 bits per heavy atom. The summed E-state index contributed by atoms with van der Waals surface area (Å²) in [6.07, 6.45) is 0.0917. The number of thiophene rings is 1. The molecule has 0 spiro atoms. The largest absolute Gasteiger partial charge is 0.351 e. The van der Waals surface area contributed by atoms with Crippen LogP contribution in [0.3, 0.4) is 0 Å². The van der Waals surface area contributed by atoms with E-state index >= 15 is 0 Å². The molecule has 1 heterocycles. The van der Waals surface area contributed by atoms with Crippen LogP contribution in [0.15, 0.2) is 35.0 Å². The molecule has 3 N–H and O–H groups in total. The molecule has 0 saturated heterocycles. The molecule has 0 aliphatic rings. The number of aryl methyl sites for hydroxylation is 1. The molecule has 25 heavy (non-hydrogen) atoms. The molecular weight excluding hydrogens is 362 g/mol. The molecule has 8 heteroatoms. The Bertz CT molecular complexity index is 763. The fraction of sp³-hybridized carbons (Fsp3) is 0.235. The number of nitrogens with one attached hydrogen (secondary N) is 3. The third kappa shape index (κ3) is 6.21. The van der Waals surface area contributed by atoms with E-state index < -0.39 is 0 Å². The molecule has 1 aromatic carbocycles. The Hall–Kier alpha value is -2.38. The highest BCUT2D eigenvalue weighted by Crippen LogP contribution is 2.22. The predicted octanol–water partition coefficient (Wildman–Crippen LogP) is 2.58. The van der Waals surface area contributed by atoms with Crippen molar-refractivity contribution in [2.24, 2.45) is 0 Å². The number of carbonyl (C=O) groups excluding carboxylic acids is 3. The third-order valence-corrected chi connectivity index (χ3v) is 4.26. The Morgan fingerprint density at radius 1 is 1.12 bits per heavy atom. The van der Waals surface area contributed by atoms with Gasteiger partial charge in [0.2, 0.25) is 11.8 Å². The molecule has 0 atom stereocenters. The maximum absolute atomic E-state index is 11.8. The first-order valence-corrected chi connectivity index (χ1v) is 8.91. The molecule has 0 unspecified atom stereocenters. The van der Waals surface area contributed by atoms with Gasteiger partial charge in [-0.15, -0.1) is 0 Å². The fourth-order valence-electron chi connectivity index (χ4n) is 1.97. The standard InChI is InChI=1S/C17H18ClN3O3S/c1-11-2-3-14(13(18)8-11)21-16(23)9-20-15(22)4-6-19-17(24)12-5-7-25-10-12/h2-3,5,7-8,10H,4,6,9H2,1H3,(H,19,24)(H,20,22)(H,21,23). The molecule has 132 valence electrons. The average Bonchev–Trinajstić information content (AvgIpc) is 3.10. The Labute approximate surface area is 154 Å². The van der Waals surface area contributed by atoms with Gasteiger partial charge in [-0.25, -0.2) is 0 Å². The van der Waals surface area contributed by atoms with E-state index in [0.717, 1.165) is 5.56 Å². The minimum atomic E-state index is -0.374. The molecule has 0 fully saturated rings. The van der Waals surface area contributed by atoms with Crippen LogP contribution in [0.4, 0.5) is 5.69 Å². The zero-order chi connectivity index (χ0) is 18.2. The van der Waals surface area contributed by atoms with Crippen LogP contribution < -0.4 is 16.0 Å². The van der Waals surface area contributed by atoms with Gasteiger partial charge in [-0.1, -0.05) is 17.7 Å². The van der Waals surface area contributed by atoms with Crippen molar-refractivity contribution in [3.05, 3.63) is 51.2 Å². The first-order chi connectivity index (χ1) is 12.0. The summed E-state index contributed by atoms with van der Waals surface area (Å²) in [7, 11) is 0. The zero-order valence-electron chi connectivity index (χ0n) is 13.6. The molecule has 0 aliphatic heterocycles. The maximum atomic E-state index is 11.8. The predicted molar refractivity (Wildman–Crippen MR) is 99.1 cm³/mol. The third-order valence-electron chi connectivity index (χ3n) is 3.27. The minimum Gasteiger partial charge on any atom is -0.351 e. The first kappa shape index (κ1) is 19.0. The lowest BCUT2D eigenvalue weighted by Gasteiger charge is -2.09. The van der Waals surface area contributed by atoms with Gasteiger partial charge in [0, 0.05) is 23.9 Å². The van der Waals surface area contributed by atoms with Crippen LogP contribution in [0.1, 0.15) is 22.3 Å². The highest BCUT2D eigenvalue weighted by molar-refractivity contribution is 7.08. The second kappa shape index (κ2) is 9.19. The lowest BCUT2D eigenvalue weighted by Crippen LogP contribution is -2.35. The SMILES string of the molecule is Cc1ccc(NC(=O)CNC(=O)CCNC(=O)c2ccsc2)c(Cl)c1. The molecule has 2 aromatic rings. The van der Waals surface area contributed by atoms with Gasteiger partial charge in [0.05, 0.1) is 17.3 Å². The van der Waals surface area contributed by atoms with Crippen molar-refractivity contribution in [1.29, 1.82) is 0 Å². The molecule has 3 amide bonds. The van der Waals surface area contributed by atoms with E-state index in [2.05, 4.69) is 16.0 Å². The van der Waals surface area contributed by atoms with Crippen LogP contribution in [-0.2, 0) is 9.59 Å². The summed E-state index contributed by atoms with van der Waals surface area (Å²) >= 11 is 7.46.